The second-order valence-corrected chi connectivity index (χ2v) is 7.79. The first-order chi connectivity index (χ1) is 14.5. The predicted molar refractivity (Wildman–Crippen MR) is 117 cm³/mol. The maximum atomic E-state index is 12.7. The monoisotopic (exact) mass is 420 g/mol. The molecule has 4 aromatic rings. The lowest BCUT2D eigenvalue weighted by molar-refractivity contribution is 0.101. The highest BCUT2D eigenvalue weighted by Gasteiger charge is 2.14. The quantitative estimate of drug-likeness (QED) is 0.513. The number of aryl methyl sites for hydroxylation is 2. The fourth-order valence-corrected chi connectivity index (χ4v) is 3.98. The molecule has 1 N–H and O–H groups in total. The van der Waals surface area contributed by atoms with Crippen LogP contribution in [-0.2, 0) is 6.54 Å². The summed E-state index contributed by atoms with van der Waals surface area (Å²) in [5, 5.41) is 7.47. The van der Waals surface area contributed by atoms with Gasteiger partial charge in [-0.25, -0.2) is 9.67 Å². The van der Waals surface area contributed by atoms with Gasteiger partial charge in [0.05, 0.1) is 16.8 Å². The molecule has 0 radical (unpaired) electrons. The lowest BCUT2D eigenvalue weighted by Crippen LogP contribution is -2.28. The van der Waals surface area contributed by atoms with E-state index in [1.807, 2.05) is 56.3 Å². The molecule has 4 rings (SSSR count). The fraction of sp³-hybridized carbons (Fsp3) is 0.182. The van der Waals surface area contributed by atoms with E-state index in [2.05, 4.69) is 15.4 Å². The van der Waals surface area contributed by atoms with Crippen molar-refractivity contribution >= 4 is 32.6 Å². The van der Waals surface area contributed by atoms with E-state index in [1.165, 1.54) is 28.2 Å². The standard InChI is InChI=1S/C22H20N4O3S/c1-14-8-9-15(2)20-19(14)23-22(30-20)24-21(28)17-10-11-18(27)26(25-17)12-13-29-16-6-4-3-5-7-16/h3-11H,12-13H2,1-2H3,(H,23,24,28). The third-order valence-electron chi connectivity index (χ3n) is 4.58. The largest absolute Gasteiger partial charge is 0.492 e. The van der Waals surface area contributed by atoms with Crippen molar-refractivity contribution in [3.05, 3.63) is 81.8 Å². The number of hydrogen-bond acceptors (Lipinski definition) is 6. The fourth-order valence-electron chi connectivity index (χ4n) is 2.97. The predicted octanol–water partition coefficient (Wildman–Crippen LogP) is 3.80. The zero-order valence-corrected chi connectivity index (χ0v) is 17.4. The van der Waals surface area contributed by atoms with Crippen LogP contribution in [0, 0.1) is 13.8 Å². The topological polar surface area (TPSA) is 86.1 Å². The summed E-state index contributed by atoms with van der Waals surface area (Å²) in [6.45, 7) is 4.50. The molecular formula is C22H20N4O3S. The number of benzene rings is 2. The lowest BCUT2D eigenvalue weighted by atomic mass is 10.1. The number of fused-ring (bicyclic) bond motifs is 1. The van der Waals surface area contributed by atoms with Crippen molar-refractivity contribution in [2.45, 2.75) is 20.4 Å². The van der Waals surface area contributed by atoms with Crippen LogP contribution < -0.4 is 15.6 Å². The molecule has 0 aliphatic carbocycles. The smallest absolute Gasteiger partial charge is 0.277 e. The molecule has 0 fully saturated rings. The van der Waals surface area contributed by atoms with Crippen molar-refractivity contribution in [2.75, 3.05) is 11.9 Å². The van der Waals surface area contributed by atoms with Gasteiger partial charge in [-0.3, -0.25) is 14.9 Å². The number of aromatic nitrogens is 3. The second-order valence-electron chi connectivity index (χ2n) is 6.79. The van der Waals surface area contributed by atoms with Crippen molar-refractivity contribution < 1.29 is 9.53 Å². The second kappa shape index (κ2) is 8.46. The number of anilines is 1. The Morgan fingerprint density at radius 2 is 1.83 bits per heavy atom. The van der Waals surface area contributed by atoms with Gasteiger partial charge in [0.15, 0.2) is 5.13 Å². The Balaban J connectivity index is 1.48. The van der Waals surface area contributed by atoms with E-state index < -0.39 is 5.91 Å². The molecule has 152 valence electrons. The normalized spacial score (nSPS) is 10.9. The molecule has 0 spiro atoms. The molecule has 30 heavy (non-hydrogen) atoms. The Bertz CT molecular complexity index is 1230. The van der Waals surface area contributed by atoms with Crippen molar-refractivity contribution in [1.29, 1.82) is 0 Å². The molecule has 2 aromatic heterocycles. The van der Waals surface area contributed by atoms with Gasteiger partial charge in [-0.15, -0.1) is 0 Å². The third kappa shape index (κ3) is 4.23. The number of rotatable bonds is 6. The molecule has 0 aliphatic heterocycles. The minimum Gasteiger partial charge on any atom is -0.492 e. The maximum Gasteiger partial charge on any atom is 0.277 e. The van der Waals surface area contributed by atoms with Crippen molar-refractivity contribution in [2.24, 2.45) is 0 Å². The Labute approximate surface area is 177 Å². The molecule has 0 saturated heterocycles. The third-order valence-corrected chi connectivity index (χ3v) is 5.68. The molecule has 0 unspecified atom stereocenters. The average molecular weight is 420 g/mol. The number of nitrogens with zero attached hydrogens (tertiary/aromatic N) is 3. The zero-order valence-electron chi connectivity index (χ0n) is 16.6. The van der Waals surface area contributed by atoms with Crippen LogP contribution in [0.25, 0.3) is 10.2 Å². The van der Waals surface area contributed by atoms with Gasteiger partial charge in [-0.1, -0.05) is 41.7 Å². The SMILES string of the molecule is Cc1ccc(C)c2sc(NC(=O)c3ccc(=O)n(CCOc4ccccc4)n3)nc12. The molecule has 7 nitrogen and oxygen atoms in total. The van der Waals surface area contributed by atoms with Gasteiger partial charge in [-0.05, 0) is 43.2 Å². The van der Waals surface area contributed by atoms with Gasteiger partial charge >= 0.3 is 0 Å². The summed E-state index contributed by atoms with van der Waals surface area (Å²) in [6, 6.07) is 16.1. The van der Waals surface area contributed by atoms with E-state index in [1.54, 1.807) is 0 Å². The van der Waals surface area contributed by atoms with E-state index in [4.69, 9.17) is 4.74 Å². The Morgan fingerprint density at radius 1 is 1.07 bits per heavy atom. The van der Waals surface area contributed by atoms with Crippen LogP contribution in [0.1, 0.15) is 21.6 Å². The lowest BCUT2D eigenvalue weighted by Gasteiger charge is -2.08. The van der Waals surface area contributed by atoms with E-state index >= 15 is 0 Å². The van der Waals surface area contributed by atoms with Crippen LogP contribution in [0.15, 0.2) is 59.4 Å². The first-order valence-corrected chi connectivity index (χ1v) is 10.3. The number of thiazole rings is 1. The van der Waals surface area contributed by atoms with Gasteiger partial charge in [0, 0.05) is 6.07 Å². The average Bonchev–Trinajstić information content (AvgIpc) is 3.18. The highest BCUT2D eigenvalue weighted by molar-refractivity contribution is 7.22. The zero-order chi connectivity index (χ0) is 21.1. The molecule has 2 heterocycles. The number of hydrogen-bond donors (Lipinski definition) is 1. The molecule has 0 aliphatic rings. The highest BCUT2D eigenvalue weighted by Crippen LogP contribution is 2.30. The molecule has 8 heteroatoms. The Hall–Kier alpha value is -3.52. The molecule has 0 saturated carbocycles. The number of carbonyl (C=O) groups excluding carboxylic acids is 1. The van der Waals surface area contributed by atoms with Gasteiger partial charge in [0.1, 0.15) is 18.1 Å². The van der Waals surface area contributed by atoms with Gasteiger partial charge in [-0.2, -0.15) is 5.10 Å². The summed E-state index contributed by atoms with van der Waals surface area (Å²) < 4.78 is 7.88. The van der Waals surface area contributed by atoms with Gasteiger partial charge in [0.2, 0.25) is 0 Å². The van der Waals surface area contributed by atoms with Crippen LogP contribution >= 0.6 is 11.3 Å². The highest BCUT2D eigenvalue weighted by atomic mass is 32.1. The first-order valence-electron chi connectivity index (χ1n) is 9.45. The van der Waals surface area contributed by atoms with Crippen LogP contribution in [-0.4, -0.2) is 27.3 Å². The van der Waals surface area contributed by atoms with E-state index in [-0.39, 0.29) is 24.4 Å². The van der Waals surface area contributed by atoms with E-state index in [0.29, 0.717) is 10.9 Å². The van der Waals surface area contributed by atoms with Crippen LogP contribution in [0.5, 0.6) is 5.75 Å². The minimum absolute atomic E-state index is 0.141. The molecule has 2 aromatic carbocycles. The van der Waals surface area contributed by atoms with E-state index in [0.717, 1.165) is 21.3 Å². The molecule has 1 amide bonds. The van der Waals surface area contributed by atoms with Crippen molar-refractivity contribution in [3.8, 4) is 5.75 Å². The van der Waals surface area contributed by atoms with Gasteiger partial charge < -0.3 is 4.74 Å². The Morgan fingerprint density at radius 3 is 2.60 bits per heavy atom. The summed E-state index contributed by atoms with van der Waals surface area (Å²) in [5.41, 5.74) is 2.89. The van der Waals surface area contributed by atoms with Crippen LogP contribution in [0.3, 0.4) is 0 Å². The number of carbonyl (C=O) groups is 1. The molecular weight excluding hydrogens is 400 g/mol. The van der Waals surface area contributed by atoms with Crippen molar-refractivity contribution in [1.82, 2.24) is 14.8 Å². The van der Waals surface area contributed by atoms with E-state index in [9.17, 15) is 9.59 Å². The van der Waals surface area contributed by atoms with Crippen LogP contribution in [0.4, 0.5) is 5.13 Å². The molecule has 0 atom stereocenters. The van der Waals surface area contributed by atoms with Crippen molar-refractivity contribution in [3.63, 3.8) is 0 Å². The summed E-state index contributed by atoms with van der Waals surface area (Å²) in [4.78, 5) is 29.3. The summed E-state index contributed by atoms with van der Waals surface area (Å²) in [6.07, 6.45) is 0. The summed E-state index contributed by atoms with van der Waals surface area (Å²) in [5.74, 6) is 0.294. The number of ether oxygens (including phenoxy) is 1. The number of nitrogens with one attached hydrogen (secondary N) is 1. The summed E-state index contributed by atoms with van der Waals surface area (Å²) >= 11 is 1.42. The number of amides is 1. The van der Waals surface area contributed by atoms with Crippen LogP contribution in [0.2, 0.25) is 0 Å². The maximum absolute atomic E-state index is 12.7. The Kier molecular flexibility index (Phi) is 5.58. The first kappa shape index (κ1) is 19.8. The minimum atomic E-state index is -0.415. The van der Waals surface area contributed by atoms with Gasteiger partial charge in [0.25, 0.3) is 11.5 Å². The molecule has 0 bridgehead atoms. The summed E-state index contributed by atoms with van der Waals surface area (Å²) in [7, 11) is 0. The number of para-hydroxylation sites is 1.